The van der Waals surface area contributed by atoms with Gasteiger partial charge in [0, 0.05) is 0 Å². The zero-order valence-electron chi connectivity index (χ0n) is 10.6. The molecule has 0 spiro atoms. The van der Waals surface area contributed by atoms with Crippen LogP contribution >= 0.6 is 11.8 Å². The van der Waals surface area contributed by atoms with Crippen LogP contribution in [-0.4, -0.2) is 24.4 Å². The highest BCUT2D eigenvalue weighted by molar-refractivity contribution is 7.98. The molecule has 1 N–H and O–H groups in total. The fourth-order valence-electron chi connectivity index (χ4n) is 1.64. The fourth-order valence-corrected chi connectivity index (χ4v) is 2.40. The van der Waals surface area contributed by atoms with Crippen LogP contribution in [0.3, 0.4) is 0 Å². The largest absolute Gasteiger partial charge is 0.496 e. The molecular formula is C13H18O3S. The summed E-state index contributed by atoms with van der Waals surface area (Å²) in [4.78, 5) is 12.2. The van der Waals surface area contributed by atoms with Crippen LogP contribution < -0.4 is 4.74 Å². The first kappa shape index (κ1) is 13.9. The number of methoxy groups -OCH3 is 1. The van der Waals surface area contributed by atoms with Crippen molar-refractivity contribution in [3.8, 4) is 5.75 Å². The third-order valence-corrected chi connectivity index (χ3v) is 3.57. The van der Waals surface area contributed by atoms with Crippen LogP contribution in [-0.2, 0) is 11.2 Å². The summed E-state index contributed by atoms with van der Waals surface area (Å²) in [6.07, 6.45) is 2.46. The maximum atomic E-state index is 11.1. The van der Waals surface area contributed by atoms with Gasteiger partial charge in [0.05, 0.1) is 17.4 Å². The van der Waals surface area contributed by atoms with Crippen molar-refractivity contribution < 1.29 is 14.6 Å². The molecular weight excluding hydrogens is 236 g/mol. The summed E-state index contributed by atoms with van der Waals surface area (Å²) in [7, 11) is 1.63. The molecule has 0 amide bonds. The van der Waals surface area contributed by atoms with Gasteiger partial charge in [-0.15, -0.1) is 11.8 Å². The molecule has 1 rings (SSSR count). The summed E-state index contributed by atoms with van der Waals surface area (Å²) in [5.41, 5.74) is 0.251. The number of thioether (sulfide) groups is 1. The smallest absolute Gasteiger partial charge is 0.309 e. The van der Waals surface area contributed by atoms with Crippen LogP contribution in [0.2, 0.25) is 0 Å². The number of benzene rings is 1. The summed E-state index contributed by atoms with van der Waals surface area (Å²) in [5, 5.41) is 9.15. The molecule has 0 saturated carbocycles. The van der Waals surface area contributed by atoms with Gasteiger partial charge in [-0.05, 0) is 38.2 Å². The fraction of sp³-hybridized carbons (Fsp3) is 0.462. The highest BCUT2D eigenvalue weighted by atomic mass is 32.2. The molecule has 0 aliphatic heterocycles. The molecule has 1 aromatic rings. The zero-order valence-corrected chi connectivity index (χ0v) is 11.4. The number of rotatable bonds is 5. The van der Waals surface area contributed by atoms with Crippen LogP contribution in [0, 0.1) is 5.41 Å². The summed E-state index contributed by atoms with van der Waals surface area (Å²) in [5.74, 6) is 0.0172. The molecule has 0 atom stereocenters. The van der Waals surface area contributed by atoms with Crippen molar-refractivity contribution in [2.24, 2.45) is 5.41 Å². The Labute approximate surface area is 106 Å². The number of hydrogen-bond acceptors (Lipinski definition) is 3. The van der Waals surface area contributed by atoms with E-state index in [0.717, 1.165) is 16.2 Å². The van der Waals surface area contributed by atoms with Gasteiger partial charge in [0.2, 0.25) is 0 Å². The van der Waals surface area contributed by atoms with E-state index >= 15 is 0 Å². The van der Waals surface area contributed by atoms with E-state index in [4.69, 9.17) is 9.84 Å². The van der Waals surface area contributed by atoms with Gasteiger partial charge in [-0.3, -0.25) is 4.79 Å². The van der Waals surface area contributed by atoms with Crippen molar-refractivity contribution in [2.45, 2.75) is 25.2 Å². The number of carbonyl (C=O) groups is 1. The van der Waals surface area contributed by atoms with Gasteiger partial charge in [-0.25, -0.2) is 0 Å². The van der Waals surface area contributed by atoms with E-state index in [1.165, 1.54) is 0 Å². The Balaban J connectivity index is 3.10. The van der Waals surface area contributed by atoms with Gasteiger partial charge in [-0.2, -0.15) is 0 Å². The van der Waals surface area contributed by atoms with Crippen LogP contribution in [0.5, 0.6) is 5.75 Å². The van der Waals surface area contributed by atoms with E-state index < -0.39 is 11.4 Å². The van der Waals surface area contributed by atoms with Crippen LogP contribution in [0.15, 0.2) is 23.1 Å². The quantitative estimate of drug-likeness (QED) is 0.820. The molecule has 0 aliphatic rings. The van der Waals surface area contributed by atoms with Crippen LogP contribution in [0.1, 0.15) is 19.4 Å². The lowest BCUT2D eigenvalue weighted by atomic mass is 9.86. The number of carboxylic acids is 1. The maximum absolute atomic E-state index is 11.1. The molecule has 1 aromatic carbocycles. The third kappa shape index (κ3) is 3.16. The number of ether oxygens (including phenoxy) is 1. The van der Waals surface area contributed by atoms with Crippen molar-refractivity contribution in [3.63, 3.8) is 0 Å². The lowest BCUT2D eigenvalue weighted by Gasteiger charge is -2.21. The third-order valence-electron chi connectivity index (χ3n) is 2.70. The molecule has 0 aliphatic carbocycles. The molecule has 0 bridgehead atoms. The second kappa shape index (κ2) is 5.45. The van der Waals surface area contributed by atoms with Crippen molar-refractivity contribution in [1.82, 2.24) is 0 Å². The normalized spacial score (nSPS) is 11.3. The lowest BCUT2D eigenvalue weighted by Crippen LogP contribution is -2.26. The van der Waals surface area contributed by atoms with E-state index in [1.54, 1.807) is 32.7 Å². The number of aliphatic carboxylic acids is 1. The highest BCUT2D eigenvalue weighted by Gasteiger charge is 2.28. The monoisotopic (exact) mass is 254 g/mol. The summed E-state index contributed by atoms with van der Waals surface area (Å²) >= 11 is 1.58. The molecule has 4 heteroatoms. The molecule has 0 aromatic heterocycles. The summed E-state index contributed by atoms with van der Waals surface area (Å²) in [6.45, 7) is 3.47. The molecule has 94 valence electrons. The van der Waals surface area contributed by atoms with E-state index in [9.17, 15) is 4.79 Å². The van der Waals surface area contributed by atoms with Crippen LogP contribution in [0.25, 0.3) is 0 Å². The average molecular weight is 254 g/mol. The van der Waals surface area contributed by atoms with Gasteiger partial charge >= 0.3 is 5.97 Å². The van der Waals surface area contributed by atoms with Crippen molar-refractivity contribution >= 4 is 17.7 Å². The molecule has 0 fully saturated rings. The van der Waals surface area contributed by atoms with Crippen molar-refractivity contribution in [1.29, 1.82) is 0 Å². The Morgan fingerprint density at radius 2 is 2.12 bits per heavy atom. The Hall–Kier alpha value is -1.16. The second-order valence-corrected chi connectivity index (χ2v) is 5.33. The molecule has 17 heavy (non-hydrogen) atoms. The van der Waals surface area contributed by atoms with Gasteiger partial charge in [-0.1, -0.05) is 12.1 Å². The molecule has 0 radical (unpaired) electrons. The Morgan fingerprint density at radius 1 is 1.47 bits per heavy atom. The van der Waals surface area contributed by atoms with Gasteiger partial charge in [0.25, 0.3) is 0 Å². The molecule has 0 saturated heterocycles. The van der Waals surface area contributed by atoms with Gasteiger partial charge in [0.15, 0.2) is 0 Å². The number of carboxylic acid groups (broad SMARTS) is 1. The summed E-state index contributed by atoms with van der Waals surface area (Å²) < 4.78 is 5.28. The van der Waals surface area contributed by atoms with E-state index in [1.807, 2.05) is 24.5 Å². The minimum absolute atomic E-state index is 0.496. The second-order valence-electron chi connectivity index (χ2n) is 4.52. The SMILES string of the molecule is COc1cccc(CC(C)(C)C(=O)O)c1SC. The first-order chi connectivity index (χ1) is 7.92. The first-order valence-corrected chi connectivity index (χ1v) is 6.58. The highest BCUT2D eigenvalue weighted by Crippen LogP contribution is 2.34. The average Bonchev–Trinajstić information content (AvgIpc) is 2.27. The van der Waals surface area contributed by atoms with Crippen LogP contribution in [0.4, 0.5) is 0 Å². The Bertz CT molecular complexity index is 413. The Morgan fingerprint density at radius 3 is 2.59 bits per heavy atom. The maximum Gasteiger partial charge on any atom is 0.309 e. The van der Waals surface area contributed by atoms with Crippen molar-refractivity contribution in [3.05, 3.63) is 23.8 Å². The lowest BCUT2D eigenvalue weighted by molar-refractivity contribution is -0.146. The minimum Gasteiger partial charge on any atom is -0.496 e. The minimum atomic E-state index is -0.785. The predicted octanol–water partition coefficient (Wildman–Crippen LogP) is 3.07. The standard InChI is InChI=1S/C13H18O3S/c1-13(2,12(14)15)8-9-6-5-7-10(16-3)11(9)17-4/h5-7H,8H2,1-4H3,(H,14,15). The van der Waals surface area contributed by atoms with E-state index in [2.05, 4.69) is 0 Å². The van der Waals surface area contributed by atoms with Crippen molar-refractivity contribution in [2.75, 3.05) is 13.4 Å². The van der Waals surface area contributed by atoms with Gasteiger partial charge < -0.3 is 9.84 Å². The van der Waals surface area contributed by atoms with E-state index in [-0.39, 0.29) is 0 Å². The molecule has 3 nitrogen and oxygen atoms in total. The zero-order chi connectivity index (χ0) is 13.1. The first-order valence-electron chi connectivity index (χ1n) is 5.35. The molecule has 0 heterocycles. The molecule has 0 unspecified atom stereocenters. The number of hydrogen-bond donors (Lipinski definition) is 1. The summed E-state index contributed by atoms with van der Waals surface area (Å²) in [6, 6.07) is 5.74. The predicted molar refractivity (Wildman–Crippen MR) is 69.9 cm³/mol. The van der Waals surface area contributed by atoms with Gasteiger partial charge in [0.1, 0.15) is 5.75 Å². The topological polar surface area (TPSA) is 46.5 Å². The van der Waals surface area contributed by atoms with E-state index in [0.29, 0.717) is 6.42 Å². The Kier molecular flexibility index (Phi) is 4.46.